The summed E-state index contributed by atoms with van der Waals surface area (Å²) in [5.74, 6) is -1.39. The van der Waals surface area contributed by atoms with Crippen LogP contribution in [0.15, 0.2) is 48.5 Å². The number of ether oxygens (including phenoxy) is 1. The first-order valence-corrected chi connectivity index (χ1v) is 10.7. The third-order valence-corrected chi connectivity index (χ3v) is 5.86. The predicted octanol–water partition coefficient (Wildman–Crippen LogP) is 5.70. The number of nitrogens with one attached hydrogen (secondary N) is 2. The molecule has 3 rings (SSSR count). The molecule has 1 aromatic heterocycles. The molecule has 0 spiro atoms. The quantitative estimate of drug-likeness (QED) is 0.466. The molecule has 31 heavy (non-hydrogen) atoms. The van der Waals surface area contributed by atoms with E-state index in [0.29, 0.717) is 26.7 Å². The highest BCUT2D eigenvalue weighted by Crippen LogP contribution is 2.35. The first kappa shape index (κ1) is 22.5. The highest BCUT2D eigenvalue weighted by molar-refractivity contribution is 7.19. The summed E-state index contributed by atoms with van der Waals surface area (Å²) in [6.45, 7) is 5.40. The first-order valence-electron chi connectivity index (χ1n) is 9.55. The number of thiophene rings is 1. The Balaban J connectivity index is 1.95. The molecule has 0 radical (unpaired) electrons. The van der Waals surface area contributed by atoms with Crippen LogP contribution in [0.4, 0.5) is 10.7 Å². The third-order valence-electron chi connectivity index (χ3n) is 4.42. The van der Waals surface area contributed by atoms with Crippen molar-refractivity contribution >= 4 is 51.4 Å². The molecule has 0 saturated heterocycles. The number of rotatable bonds is 6. The number of anilines is 2. The normalized spacial score (nSPS) is 10.5. The Morgan fingerprint density at radius 1 is 1.00 bits per heavy atom. The summed E-state index contributed by atoms with van der Waals surface area (Å²) in [4.78, 5) is 38.5. The Bertz CT molecular complexity index is 1160. The number of aryl methyl sites for hydroxylation is 1. The van der Waals surface area contributed by atoms with E-state index < -0.39 is 11.9 Å². The highest BCUT2D eigenvalue weighted by Gasteiger charge is 2.27. The topological polar surface area (TPSA) is 84.5 Å². The molecule has 0 aliphatic carbocycles. The number of esters is 1. The van der Waals surface area contributed by atoms with Crippen molar-refractivity contribution in [3.8, 4) is 0 Å². The second-order valence-corrected chi connectivity index (χ2v) is 8.23. The van der Waals surface area contributed by atoms with Gasteiger partial charge in [-0.15, -0.1) is 11.3 Å². The van der Waals surface area contributed by atoms with Crippen molar-refractivity contribution in [2.24, 2.45) is 0 Å². The van der Waals surface area contributed by atoms with E-state index >= 15 is 0 Å². The monoisotopic (exact) mass is 456 g/mol. The highest BCUT2D eigenvalue weighted by atomic mass is 35.5. The molecule has 0 atom stereocenters. The molecule has 2 aromatic carbocycles. The van der Waals surface area contributed by atoms with Gasteiger partial charge in [0.1, 0.15) is 5.00 Å². The van der Waals surface area contributed by atoms with Gasteiger partial charge >= 0.3 is 5.97 Å². The maximum absolute atomic E-state index is 12.9. The summed E-state index contributed by atoms with van der Waals surface area (Å²) < 4.78 is 5.15. The number of hydrogen-bond acceptors (Lipinski definition) is 5. The molecule has 160 valence electrons. The van der Waals surface area contributed by atoms with Crippen molar-refractivity contribution in [2.45, 2.75) is 20.8 Å². The van der Waals surface area contributed by atoms with Gasteiger partial charge in [0.05, 0.1) is 17.0 Å². The molecule has 1 heterocycles. The van der Waals surface area contributed by atoms with E-state index in [1.165, 1.54) is 0 Å². The van der Waals surface area contributed by atoms with Gasteiger partial charge in [-0.25, -0.2) is 4.79 Å². The lowest BCUT2D eigenvalue weighted by molar-refractivity contribution is 0.0527. The summed E-state index contributed by atoms with van der Waals surface area (Å²) in [5, 5.41) is 6.27. The molecule has 0 aliphatic heterocycles. The van der Waals surface area contributed by atoms with Crippen LogP contribution in [-0.4, -0.2) is 24.4 Å². The van der Waals surface area contributed by atoms with Crippen LogP contribution in [0.25, 0.3) is 0 Å². The fraction of sp³-hybridized carbons (Fsp3) is 0.174. The SMILES string of the molecule is CCOC(=O)c1c(NC(=O)c2cccc(C)c2)sc(C(=O)Nc2cccc(Cl)c2)c1C. The lowest BCUT2D eigenvalue weighted by Crippen LogP contribution is -2.15. The van der Waals surface area contributed by atoms with Gasteiger partial charge in [-0.2, -0.15) is 0 Å². The molecule has 8 heteroatoms. The average Bonchev–Trinajstić information content (AvgIpc) is 3.04. The van der Waals surface area contributed by atoms with Crippen LogP contribution in [0, 0.1) is 13.8 Å². The minimum absolute atomic E-state index is 0.170. The van der Waals surface area contributed by atoms with Gasteiger partial charge in [-0.05, 0) is 56.7 Å². The Labute approximate surface area is 189 Å². The predicted molar refractivity (Wildman–Crippen MR) is 124 cm³/mol. The average molecular weight is 457 g/mol. The standard InChI is InChI=1S/C23H21ClN2O4S/c1-4-30-23(29)18-14(3)19(21(28)25-17-10-6-9-16(24)12-17)31-22(18)26-20(27)15-8-5-7-13(2)11-15/h5-12H,4H2,1-3H3,(H,25,28)(H,26,27). The number of hydrogen-bond donors (Lipinski definition) is 2. The number of carbonyl (C=O) groups excluding carboxylic acids is 3. The Morgan fingerprint density at radius 2 is 1.74 bits per heavy atom. The summed E-state index contributed by atoms with van der Waals surface area (Å²) in [6, 6.07) is 13.8. The smallest absolute Gasteiger partial charge is 0.341 e. The number of carbonyl (C=O) groups is 3. The maximum Gasteiger partial charge on any atom is 0.341 e. The Kier molecular flexibility index (Phi) is 7.09. The van der Waals surface area contributed by atoms with Gasteiger partial charge in [-0.3, -0.25) is 9.59 Å². The molecular formula is C23H21ClN2O4S. The summed E-state index contributed by atoms with van der Waals surface area (Å²) in [5.41, 5.74) is 2.51. The van der Waals surface area contributed by atoms with Crippen LogP contribution >= 0.6 is 22.9 Å². The van der Waals surface area contributed by atoms with Gasteiger partial charge in [0.15, 0.2) is 0 Å². The van der Waals surface area contributed by atoms with Crippen LogP contribution in [0.5, 0.6) is 0 Å². The van der Waals surface area contributed by atoms with Gasteiger partial charge in [-0.1, -0.05) is 35.4 Å². The van der Waals surface area contributed by atoms with Crippen molar-refractivity contribution in [2.75, 3.05) is 17.2 Å². The van der Waals surface area contributed by atoms with E-state index in [1.54, 1.807) is 56.3 Å². The van der Waals surface area contributed by atoms with E-state index in [4.69, 9.17) is 16.3 Å². The molecular weight excluding hydrogens is 436 g/mol. The van der Waals surface area contributed by atoms with Crippen LogP contribution < -0.4 is 10.6 Å². The first-order chi connectivity index (χ1) is 14.8. The lowest BCUT2D eigenvalue weighted by Gasteiger charge is -2.07. The summed E-state index contributed by atoms with van der Waals surface area (Å²) >= 11 is 7.00. The Hall–Kier alpha value is -3.16. The largest absolute Gasteiger partial charge is 0.462 e. The van der Waals surface area contributed by atoms with Crippen molar-refractivity contribution in [1.82, 2.24) is 0 Å². The van der Waals surface area contributed by atoms with E-state index in [-0.39, 0.29) is 23.1 Å². The zero-order valence-corrected chi connectivity index (χ0v) is 18.8. The summed E-state index contributed by atoms with van der Waals surface area (Å²) in [6.07, 6.45) is 0. The zero-order valence-electron chi connectivity index (χ0n) is 17.2. The van der Waals surface area contributed by atoms with Gasteiger partial charge in [0, 0.05) is 16.3 Å². The minimum atomic E-state index is -0.599. The Morgan fingerprint density at radius 3 is 2.42 bits per heavy atom. The molecule has 2 amide bonds. The maximum atomic E-state index is 12.9. The molecule has 2 N–H and O–H groups in total. The second-order valence-electron chi connectivity index (χ2n) is 6.77. The van der Waals surface area contributed by atoms with E-state index in [9.17, 15) is 14.4 Å². The molecule has 0 saturated carbocycles. The molecule has 0 bridgehead atoms. The molecule has 0 fully saturated rings. The van der Waals surface area contributed by atoms with E-state index in [0.717, 1.165) is 16.9 Å². The van der Waals surface area contributed by atoms with Crippen molar-refractivity contribution in [3.05, 3.63) is 80.7 Å². The molecule has 0 unspecified atom stereocenters. The van der Waals surface area contributed by atoms with E-state index in [2.05, 4.69) is 10.6 Å². The van der Waals surface area contributed by atoms with E-state index in [1.807, 2.05) is 13.0 Å². The van der Waals surface area contributed by atoms with Gasteiger partial charge in [0.2, 0.25) is 0 Å². The molecule has 0 aliphatic rings. The summed E-state index contributed by atoms with van der Waals surface area (Å²) in [7, 11) is 0. The van der Waals surface area contributed by atoms with Crippen molar-refractivity contribution in [1.29, 1.82) is 0 Å². The lowest BCUT2D eigenvalue weighted by atomic mass is 10.1. The van der Waals surface area contributed by atoms with Gasteiger partial charge < -0.3 is 15.4 Å². The number of halogens is 1. The number of amides is 2. The van der Waals surface area contributed by atoms with Crippen LogP contribution in [-0.2, 0) is 4.74 Å². The third kappa shape index (κ3) is 5.31. The molecule has 6 nitrogen and oxygen atoms in total. The van der Waals surface area contributed by atoms with Crippen LogP contribution in [0.2, 0.25) is 5.02 Å². The van der Waals surface area contributed by atoms with Gasteiger partial charge in [0.25, 0.3) is 11.8 Å². The van der Waals surface area contributed by atoms with Crippen LogP contribution in [0.1, 0.15) is 48.4 Å². The van der Waals surface area contributed by atoms with Crippen molar-refractivity contribution < 1.29 is 19.1 Å². The second kappa shape index (κ2) is 9.76. The number of benzene rings is 2. The van der Waals surface area contributed by atoms with Crippen molar-refractivity contribution in [3.63, 3.8) is 0 Å². The van der Waals surface area contributed by atoms with Crippen LogP contribution in [0.3, 0.4) is 0 Å². The zero-order chi connectivity index (χ0) is 22.5. The molecule has 3 aromatic rings. The fourth-order valence-corrected chi connectivity index (χ4v) is 4.26. The minimum Gasteiger partial charge on any atom is -0.462 e. The fourth-order valence-electron chi connectivity index (χ4n) is 2.98.